The molecule has 2 N–H and O–H groups in total. The summed E-state index contributed by atoms with van der Waals surface area (Å²) in [5, 5.41) is 4.47. The van der Waals surface area contributed by atoms with Crippen LogP contribution in [0.3, 0.4) is 0 Å². The molecule has 1 aromatic rings. The van der Waals surface area contributed by atoms with Gasteiger partial charge >= 0.3 is 6.03 Å². The molecule has 0 bridgehead atoms. The van der Waals surface area contributed by atoms with Gasteiger partial charge in [0, 0.05) is 11.6 Å². The Labute approximate surface area is 97.0 Å². The molecule has 1 unspecified atom stereocenters. The number of methoxy groups -OCH3 is 1. The molecule has 5 nitrogen and oxygen atoms in total. The summed E-state index contributed by atoms with van der Waals surface area (Å²) in [4.78, 5) is 22.7. The molecule has 0 spiro atoms. The summed E-state index contributed by atoms with van der Waals surface area (Å²) in [5.74, 6) is -0.838. The fraction of sp³-hybridized carbons (Fsp3) is 0.273. The largest absolute Gasteiger partial charge is 0.497 e. The molecule has 0 radical (unpaired) electrons. The maximum absolute atomic E-state index is 13.8. The van der Waals surface area contributed by atoms with Crippen molar-refractivity contribution in [2.75, 3.05) is 7.11 Å². The highest BCUT2D eigenvalue weighted by atomic mass is 19.1. The van der Waals surface area contributed by atoms with E-state index in [1.165, 1.54) is 32.2 Å². The summed E-state index contributed by atoms with van der Waals surface area (Å²) in [6.45, 7) is 1.44. The monoisotopic (exact) mass is 238 g/mol. The van der Waals surface area contributed by atoms with Crippen molar-refractivity contribution in [1.82, 2.24) is 10.6 Å². The van der Waals surface area contributed by atoms with Crippen molar-refractivity contribution in [2.24, 2.45) is 0 Å². The Balaban J connectivity index is 2.47. The number of ether oxygens (including phenoxy) is 1. The summed E-state index contributed by atoms with van der Waals surface area (Å²) in [6, 6.07) is 3.48. The number of hydrogen-bond acceptors (Lipinski definition) is 3. The zero-order valence-corrected chi connectivity index (χ0v) is 9.33. The van der Waals surface area contributed by atoms with Gasteiger partial charge in [0.15, 0.2) is 0 Å². The standard InChI is InChI=1S/C11H11FN2O3/c1-11(9(15)13-10(16)14-11)7-4-3-6(17-2)5-8(7)12/h3-5H,1-2H3,(H2,13,14,15,16). The first kappa shape index (κ1) is 11.4. The molecule has 1 atom stereocenters. The van der Waals surface area contributed by atoms with Gasteiger partial charge in [-0.15, -0.1) is 0 Å². The maximum atomic E-state index is 13.8. The number of hydrogen-bond donors (Lipinski definition) is 2. The van der Waals surface area contributed by atoms with Gasteiger partial charge in [-0.05, 0) is 19.1 Å². The first-order valence-electron chi connectivity index (χ1n) is 4.95. The highest BCUT2D eigenvalue weighted by molar-refractivity contribution is 6.07. The summed E-state index contributed by atoms with van der Waals surface area (Å²) < 4.78 is 18.7. The lowest BCUT2D eigenvalue weighted by atomic mass is 9.92. The van der Waals surface area contributed by atoms with Gasteiger partial charge in [0.2, 0.25) is 0 Å². The summed E-state index contributed by atoms with van der Waals surface area (Å²) in [7, 11) is 1.42. The van der Waals surface area contributed by atoms with E-state index in [1.54, 1.807) is 0 Å². The van der Waals surface area contributed by atoms with Crippen LogP contribution < -0.4 is 15.4 Å². The first-order valence-corrected chi connectivity index (χ1v) is 4.95. The third-order valence-corrected chi connectivity index (χ3v) is 2.76. The Morgan fingerprint density at radius 1 is 1.35 bits per heavy atom. The van der Waals surface area contributed by atoms with Crippen LogP contribution in [0.25, 0.3) is 0 Å². The number of rotatable bonds is 2. The van der Waals surface area contributed by atoms with Crippen LogP contribution in [-0.2, 0) is 10.3 Å². The van der Waals surface area contributed by atoms with Crippen molar-refractivity contribution in [2.45, 2.75) is 12.5 Å². The van der Waals surface area contributed by atoms with Gasteiger partial charge in [-0.1, -0.05) is 0 Å². The second-order valence-electron chi connectivity index (χ2n) is 3.88. The summed E-state index contributed by atoms with van der Waals surface area (Å²) in [6.07, 6.45) is 0. The van der Waals surface area contributed by atoms with Crippen LogP contribution in [-0.4, -0.2) is 19.0 Å². The first-order chi connectivity index (χ1) is 7.97. The summed E-state index contributed by atoms with van der Waals surface area (Å²) >= 11 is 0. The molecule has 0 aliphatic carbocycles. The van der Waals surface area contributed by atoms with E-state index in [4.69, 9.17) is 4.74 Å². The highest BCUT2D eigenvalue weighted by Crippen LogP contribution is 2.28. The van der Waals surface area contributed by atoms with Gasteiger partial charge in [0.05, 0.1) is 7.11 Å². The maximum Gasteiger partial charge on any atom is 0.322 e. The Bertz CT molecular complexity index is 503. The van der Waals surface area contributed by atoms with E-state index < -0.39 is 23.3 Å². The van der Waals surface area contributed by atoms with E-state index in [1.807, 2.05) is 0 Å². The molecule has 6 heteroatoms. The Hall–Kier alpha value is -2.11. The van der Waals surface area contributed by atoms with Gasteiger partial charge in [0.25, 0.3) is 5.91 Å². The fourth-order valence-electron chi connectivity index (χ4n) is 1.76. The number of amides is 3. The topological polar surface area (TPSA) is 67.4 Å². The number of carbonyl (C=O) groups excluding carboxylic acids is 2. The zero-order chi connectivity index (χ0) is 12.6. The van der Waals surface area contributed by atoms with Gasteiger partial charge in [-0.3, -0.25) is 10.1 Å². The van der Waals surface area contributed by atoms with Crippen molar-refractivity contribution in [1.29, 1.82) is 0 Å². The Morgan fingerprint density at radius 3 is 2.53 bits per heavy atom. The molecule has 1 aromatic carbocycles. The van der Waals surface area contributed by atoms with Gasteiger partial charge in [0.1, 0.15) is 17.1 Å². The van der Waals surface area contributed by atoms with Crippen molar-refractivity contribution in [3.05, 3.63) is 29.6 Å². The molecule has 1 aliphatic rings. The third kappa shape index (κ3) is 1.71. The number of halogens is 1. The van der Waals surface area contributed by atoms with Crippen LogP contribution in [0.1, 0.15) is 12.5 Å². The van der Waals surface area contributed by atoms with Crippen LogP contribution in [0.2, 0.25) is 0 Å². The molecule has 17 heavy (non-hydrogen) atoms. The molecule has 1 saturated heterocycles. The van der Waals surface area contributed by atoms with E-state index in [0.29, 0.717) is 5.75 Å². The third-order valence-electron chi connectivity index (χ3n) is 2.76. The lowest BCUT2D eigenvalue weighted by Crippen LogP contribution is -2.41. The molecule has 1 aliphatic heterocycles. The van der Waals surface area contributed by atoms with Crippen LogP contribution in [0.15, 0.2) is 18.2 Å². The fourth-order valence-corrected chi connectivity index (χ4v) is 1.76. The Morgan fingerprint density at radius 2 is 2.06 bits per heavy atom. The van der Waals surface area contributed by atoms with E-state index in [9.17, 15) is 14.0 Å². The minimum Gasteiger partial charge on any atom is -0.497 e. The number of carbonyl (C=O) groups is 2. The quantitative estimate of drug-likeness (QED) is 0.752. The lowest BCUT2D eigenvalue weighted by molar-refractivity contribution is -0.123. The molecule has 3 amide bonds. The second kappa shape index (κ2) is 3.73. The van der Waals surface area contributed by atoms with Crippen LogP contribution >= 0.6 is 0 Å². The molecule has 1 fully saturated rings. The molecular weight excluding hydrogens is 227 g/mol. The van der Waals surface area contributed by atoms with E-state index in [2.05, 4.69) is 10.6 Å². The van der Waals surface area contributed by atoms with Gasteiger partial charge < -0.3 is 10.1 Å². The van der Waals surface area contributed by atoms with Crippen molar-refractivity contribution in [3.63, 3.8) is 0 Å². The molecular formula is C11H11FN2O3. The number of benzene rings is 1. The van der Waals surface area contributed by atoms with Gasteiger partial charge in [-0.2, -0.15) is 0 Å². The number of urea groups is 1. The van der Waals surface area contributed by atoms with Crippen LogP contribution in [0, 0.1) is 5.82 Å². The molecule has 90 valence electrons. The second-order valence-corrected chi connectivity index (χ2v) is 3.88. The number of imide groups is 1. The highest BCUT2D eigenvalue weighted by Gasteiger charge is 2.45. The zero-order valence-electron chi connectivity index (χ0n) is 9.33. The predicted octanol–water partition coefficient (Wildman–Crippen LogP) is 0.889. The van der Waals surface area contributed by atoms with Crippen molar-refractivity contribution < 1.29 is 18.7 Å². The van der Waals surface area contributed by atoms with Crippen LogP contribution in [0.4, 0.5) is 9.18 Å². The SMILES string of the molecule is COc1ccc(C2(C)NC(=O)NC2=O)c(F)c1. The van der Waals surface area contributed by atoms with E-state index in [0.717, 1.165) is 0 Å². The normalized spacial score (nSPS) is 23.2. The Kier molecular flexibility index (Phi) is 2.49. The van der Waals surface area contributed by atoms with Crippen molar-refractivity contribution in [3.8, 4) is 5.75 Å². The molecule has 1 heterocycles. The minimum absolute atomic E-state index is 0.0988. The molecule has 0 saturated carbocycles. The summed E-state index contributed by atoms with van der Waals surface area (Å²) in [5.41, 5.74) is -1.28. The molecule has 0 aromatic heterocycles. The van der Waals surface area contributed by atoms with Crippen LogP contribution in [0.5, 0.6) is 5.75 Å². The van der Waals surface area contributed by atoms with Gasteiger partial charge in [-0.25, -0.2) is 9.18 Å². The minimum atomic E-state index is -1.38. The smallest absolute Gasteiger partial charge is 0.322 e. The van der Waals surface area contributed by atoms with E-state index in [-0.39, 0.29) is 5.56 Å². The molecule has 2 rings (SSSR count). The average Bonchev–Trinajstić information content (AvgIpc) is 2.53. The lowest BCUT2D eigenvalue weighted by Gasteiger charge is -2.21. The predicted molar refractivity (Wildman–Crippen MR) is 57.0 cm³/mol. The van der Waals surface area contributed by atoms with Crippen molar-refractivity contribution >= 4 is 11.9 Å². The van der Waals surface area contributed by atoms with E-state index >= 15 is 0 Å². The average molecular weight is 238 g/mol. The number of nitrogens with one attached hydrogen (secondary N) is 2.